The van der Waals surface area contributed by atoms with E-state index in [0.717, 1.165) is 17.1 Å². The highest BCUT2D eigenvalue weighted by molar-refractivity contribution is 5.82. The lowest BCUT2D eigenvalue weighted by atomic mass is 10.2. The minimum Gasteiger partial charge on any atom is -0.372 e. The molecule has 1 aromatic heterocycles. The molecule has 2 atom stereocenters. The summed E-state index contributed by atoms with van der Waals surface area (Å²) in [7, 11) is 1.89. The number of hydrogen-bond acceptors (Lipinski definition) is 5. The summed E-state index contributed by atoms with van der Waals surface area (Å²) in [5, 5.41) is 3.92. The van der Waals surface area contributed by atoms with Crippen LogP contribution in [0.2, 0.25) is 0 Å². The molecule has 6 nitrogen and oxygen atoms in total. The van der Waals surface area contributed by atoms with Gasteiger partial charge in [-0.2, -0.15) is 0 Å². The van der Waals surface area contributed by atoms with Gasteiger partial charge in [0.25, 0.3) is 0 Å². The summed E-state index contributed by atoms with van der Waals surface area (Å²) in [6.07, 6.45) is 0.180. The number of morpholine rings is 1. The van der Waals surface area contributed by atoms with Crippen LogP contribution < -0.4 is 4.90 Å². The van der Waals surface area contributed by atoms with Crippen molar-refractivity contribution in [1.82, 2.24) is 10.1 Å². The van der Waals surface area contributed by atoms with Crippen molar-refractivity contribution in [2.75, 3.05) is 31.6 Å². The molecule has 112 valence electrons. The van der Waals surface area contributed by atoms with E-state index in [1.165, 1.54) is 0 Å². The topological polar surface area (TPSA) is 58.8 Å². The van der Waals surface area contributed by atoms with Gasteiger partial charge in [0.15, 0.2) is 5.76 Å². The monoisotopic (exact) mass is 281 g/mol. The molecule has 0 aromatic carbocycles. The van der Waals surface area contributed by atoms with Crippen molar-refractivity contribution >= 4 is 11.6 Å². The third-order valence-electron chi connectivity index (χ3n) is 3.52. The third kappa shape index (κ3) is 3.12. The van der Waals surface area contributed by atoms with E-state index in [1.807, 2.05) is 44.5 Å². The Hall–Kier alpha value is -1.56. The van der Waals surface area contributed by atoms with Crippen LogP contribution in [0.4, 0.5) is 5.69 Å². The number of rotatable bonds is 3. The number of aromatic nitrogens is 1. The van der Waals surface area contributed by atoms with Gasteiger partial charge in [0.1, 0.15) is 11.4 Å². The van der Waals surface area contributed by atoms with E-state index in [4.69, 9.17) is 9.26 Å². The Morgan fingerprint density at radius 1 is 1.35 bits per heavy atom. The summed E-state index contributed by atoms with van der Waals surface area (Å²) in [5.41, 5.74) is 1.70. The van der Waals surface area contributed by atoms with E-state index >= 15 is 0 Å². The molecule has 1 aliphatic heterocycles. The molecule has 20 heavy (non-hydrogen) atoms. The Labute approximate surface area is 119 Å². The first-order valence-electron chi connectivity index (χ1n) is 6.95. The third-order valence-corrected chi connectivity index (χ3v) is 3.52. The van der Waals surface area contributed by atoms with Gasteiger partial charge in [0, 0.05) is 20.1 Å². The Balaban J connectivity index is 2.01. The highest BCUT2D eigenvalue weighted by Gasteiger charge is 2.27. The lowest BCUT2D eigenvalue weighted by molar-refractivity contribution is -0.141. The molecule has 0 spiro atoms. The maximum Gasteiger partial charge on any atom is 0.242 e. The van der Waals surface area contributed by atoms with Crippen LogP contribution in [-0.2, 0) is 9.53 Å². The molecule has 6 heteroatoms. The second-order valence-corrected chi connectivity index (χ2v) is 5.58. The molecular weight excluding hydrogens is 258 g/mol. The molecular formula is C14H23N3O3. The van der Waals surface area contributed by atoms with E-state index in [0.29, 0.717) is 19.6 Å². The normalized spacial score (nSPS) is 22.9. The summed E-state index contributed by atoms with van der Waals surface area (Å²) >= 11 is 0. The van der Waals surface area contributed by atoms with Crippen molar-refractivity contribution in [2.24, 2.45) is 0 Å². The van der Waals surface area contributed by atoms with Crippen LogP contribution in [0.3, 0.4) is 0 Å². The van der Waals surface area contributed by atoms with Crippen molar-refractivity contribution in [3.63, 3.8) is 0 Å². The number of likely N-dealkylation sites (N-methyl/N-ethyl adjacent to an activating group) is 1. The van der Waals surface area contributed by atoms with Gasteiger partial charge in [-0.05, 0) is 27.7 Å². The van der Waals surface area contributed by atoms with Crippen molar-refractivity contribution in [1.29, 1.82) is 0 Å². The van der Waals surface area contributed by atoms with Crippen molar-refractivity contribution < 1.29 is 14.1 Å². The molecule has 2 rings (SSSR count). The van der Waals surface area contributed by atoms with E-state index in [-0.39, 0.29) is 18.1 Å². The summed E-state index contributed by atoms with van der Waals surface area (Å²) in [6, 6.07) is 0. The van der Waals surface area contributed by atoms with Crippen LogP contribution in [0.15, 0.2) is 4.52 Å². The zero-order valence-electron chi connectivity index (χ0n) is 12.8. The number of carbonyl (C=O) groups excluding carboxylic acids is 1. The van der Waals surface area contributed by atoms with Crippen LogP contribution in [-0.4, -0.2) is 54.9 Å². The quantitative estimate of drug-likeness (QED) is 0.837. The standard InChI is InChI=1S/C14H23N3O3/c1-9-6-17(7-10(2)19-9)13(18)8-16(5)14-11(3)15-20-12(14)4/h9-10H,6-8H2,1-5H3/t9-,10-/m0/s1. The van der Waals surface area contributed by atoms with E-state index < -0.39 is 0 Å². The Morgan fingerprint density at radius 2 is 1.95 bits per heavy atom. The molecule has 1 saturated heterocycles. The first-order chi connectivity index (χ1) is 9.38. The number of amides is 1. The molecule has 1 aliphatic rings. The van der Waals surface area contributed by atoms with Gasteiger partial charge in [-0.25, -0.2) is 0 Å². The molecule has 1 amide bonds. The number of hydrogen-bond donors (Lipinski definition) is 0. The summed E-state index contributed by atoms with van der Waals surface area (Å²) in [5.74, 6) is 0.844. The maximum atomic E-state index is 12.4. The zero-order chi connectivity index (χ0) is 14.9. The lowest BCUT2D eigenvalue weighted by Gasteiger charge is -2.36. The van der Waals surface area contributed by atoms with Gasteiger partial charge >= 0.3 is 0 Å². The first kappa shape index (κ1) is 14.8. The Kier molecular flexibility index (Phi) is 4.32. The Morgan fingerprint density at radius 3 is 2.45 bits per heavy atom. The molecule has 2 heterocycles. The average molecular weight is 281 g/mol. The molecule has 0 unspecified atom stereocenters. The van der Waals surface area contributed by atoms with Crippen molar-refractivity contribution in [2.45, 2.75) is 39.9 Å². The molecule has 1 fully saturated rings. The van der Waals surface area contributed by atoms with Gasteiger partial charge in [0.05, 0.1) is 18.8 Å². The Bertz CT molecular complexity index is 457. The number of aryl methyl sites for hydroxylation is 2. The summed E-state index contributed by atoms with van der Waals surface area (Å²) in [4.78, 5) is 16.2. The largest absolute Gasteiger partial charge is 0.372 e. The van der Waals surface area contributed by atoms with Crippen LogP contribution in [0.5, 0.6) is 0 Å². The van der Waals surface area contributed by atoms with Crippen molar-refractivity contribution in [3.05, 3.63) is 11.5 Å². The highest BCUT2D eigenvalue weighted by atomic mass is 16.5. The van der Waals surface area contributed by atoms with E-state index in [9.17, 15) is 4.79 Å². The number of anilines is 1. The minimum atomic E-state index is 0.0899. The summed E-state index contributed by atoms with van der Waals surface area (Å²) in [6.45, 7) is 9.35. The zero-order valence-corrected chi connectivity index (χ0v) is 12.8. The van der Waals surface area contributed by atoms with Gasteiger partial charge < -0.3 is 19.1 Å². The fourth-order valence-electron chi connectivity index (χ4n) is 2.79. The fraction of sp³-hybridized carbons (Fsp3) is 0.714. The maximum absolute atomic E-state index is 12.4. The van der Waals surface area contributed by atoms with Gasteiger partial charge in [-0.15, -0.1) is 0 Å². The van der Waals surface area contributed by atoms with Gasteiger partial charge in [-0.1, -0.05) is 5.16 Å². The van der Waals surface area contributed by atoms with Crippen LogP contribution in [0.1, 0.15) is 25.3 Å². The molecule has 1 aromatic rings. The average Bonchev–Trinajstić information content (AvgIpc) is 2.67. The lowest BCUT2D eigenvalue weighted by Crippen LogP contribution is -2.50. The SMILES string of the molecule is Cc1noc(C)c1N(C)CC(=O)N1C[C@H](C)O[C@@H](C)C1. The number of ether oxygens (including phenoxy) is 1. The second kappa shape index (κ2) is 5.83. The number of nitrogens with zero attached hydrogens (tertiary/aromatic N) is 3. The second-order valence-electron chi connectivity index (χ2n) is 5.58. The van der Waals surface area contributed by atoms with Crippen LogP contribution in [0.25, 0.3) is 0 Å². The minimum absolute atomic E-state index is 0.0899. The van der Waals surface area contributed by atoms with E-state index in [2.05, 4.69) is 5.16 Å². The first-order valence-corrected chi connectivity index (χ1v) is 6.95. The van der Waals surface area contributed by atoms with Gasteiger partial charge in [0.2, 0.25) is 5.91 Å². The van der Waals surface area contributed by atoms with Crippen LogP contribution >= 0.6 is 0 Å². The molecule has 0 N–H and O–H groups in total. The summed E-state index contributed by atoms with van der Waals surface area (Å²) < 4.78 is 10.8. The van der Waals surface area contributed by atoms with Gasteiger partial charge in [-0.3, -0.25) is 4.79 Å². The smallest absolute Gasteiger partial charge is 0.242 e. The molecule has 0 bridgehead atoms. The van der Waals surface area contributed by atoms with Crippen molar-refractivity contribution in [3.8, 4) is 0 Å². The van der Waals surface area contributed by atoms with E-state index in [1.54, 1.807) is 0 Å². The molecule has 0 saturated carbocycles. The highest BCUT2D eigenvalue weighted by Crippen LogP contribution is 2.23. The number of carbonyl (C=O) groups is 1. The predicted octanol–water partition coefficient (Wildman–Crippen LogP) is 1.36. The molecule has 0 aliphatic carbocycles. The van der Waals surface area contributed by atoms with Crippen LogP contribution in [0, 0.1) is 13.8 Å². The molecule has 0 radical (unpaired) electrons. The predicted molar refractivity (Wildman–Crippen MR) is 75.8 cm³/mol. The fourth-order valence-corrected chi connectivity index (χ4v) is 2.79.